The molecule has 0 spiro atoms. The van der Waals surface area contributed by atoms with Gasteiger partial charge in [0.1, 0.15) is 24.6 Å². The van der Waals surface area contributed by atoms with Crippen LogP contribution in [-0.4, -0.2) is 45.2 Å². The molecular weight excluding hydrogens is 657 g/mol. The third kappa shape index (κ3) is 11.4. The van der Waals surface area contributed by atoms with E-state index in [1.54, 1.807) is 7.11 Å². The zero-order valence-electron chi connectivity index (χ0n) is 29.8. The Bertz CT molecular complexity index is 1670. The number of hydrogen-bond donors (Lipinski definition) is 1. The van der Waals surface area contributed by atoms with E-state index in [1.165, 1.54) is 33.4 Å². The van der Waals surface area contributed by atoms with Gasteiger partial charge in [-0.3, -0.25) is 0 Å². The minimum absolute atomic E-state index is 0.0174. The largest absolute Gasteiger partial charge is 0.490 e. The van der Waals surface area contributed by atoms with Crippen molar-refractivity contribution in [2.24, 2.45) is 0 Å². The summed E-state index contributed by atoms with van der Waals surface area (Å²) in [6, 6.07) is 24.9. The number of rotatable bonds is 15. The van der Waals surface area contributed by atoms with Crippen molar-refractivity contribution in [2.45, 2.75) is 72.3 Å². The van der Waals surface area contributed by atoms with Crippen molar-refractivity contribution in [3.05, 3.63) is 116 Å². The summed E-state index contributed by atoms with van der Waals surface area (Å²) in [4.78, 5) is 12.7. The van der Waals surface area contributed by atoms with Crippen LogP contribution in [0.4, 0.5) is 4.79 Å². The lowest BCUT2D eigenvalue weighted by molar-refractivity contribution is 0.0524. The number of aryl methyl sites for hydroxylation is 4. The fourth-order valence-electron chi connectivity index (χ4n) is 5.99. The zero-order valence-corrected chi connectivity index (χ0v) is 31.3. The first-order valence-corrected chi connectivity index (χ1v) is 17.6. The molecule has 1 atom stereocenters. The van der Waals surface area contributed by atoms with E-state index in [1.807, 2.05) is 52.0 Å². The topological polar surface area (TPSA) is 66.0 Å². The molecule has 4 rings (SSSR count). The van der Waals surface area contributed by atoms with Crippen molar-refractivity contribution >= 4 is 29.3 Å². The van der Waals surface area contributed by atoms with Gasteiger partial charge >= 0.3 is 6.09 Å². The maximum absolute atomic E-state index is 12.7. The smallest absolute Gasteiger partial charge is 0.407 e. The molecule has 0 saturated heterocycles. The number of methoxy groups -OCH3 is 1. The number of halogens is 2. The van der Waals surface area contributed by atoms with Gasteiger partial charge < -0.3 is 24.3 Å². The zero-order chi connectivity index (χ0) is 35.6. The number of benzene rings is 4. The Labute approximate surface area is 302 Å². The van der Waals surface area contributed by atoms with E-state index < -0.39 is 11.7 Å². The molecule has 4 aromatic carbocycles. The summed E-state index contributed by atoms with van der Waals surface area (Å²) in [6.07, 6.45) is 2.22. The Morgan fingerprint density at radius 3 is 2.18 bits per heavy atom. The first-order valence-electron chi connectivity index (χ1n) is 16.8. The lowest BCUT2D eigenvalue weighted by atomic mass is 9.86. The highest BCUT2D eigenvalue weighted by Gasteiger charge is 2.21. The summed E-state index contributed by atoms with van der Waals surface area (Å²) in [5.41, 5.74) is 8.93. The van der Waals surface area contributed by atoms with Gasteiger partial charge in [0.25, 0.3) is 0 Å². The number of ether oxygens (including phenoxy) is 4. The molecule has 0 saturated carbocycles. The average molecular weight is 707 g/mol. The predicted molar refractivity (Wildman–Crippen MR) is 201 cm³/mol. The highest BCUT2D eigenvalue weighted by Crippen LogP contribution is 2.35. The Balaban J connectivity index is 1.48. The summed E-state index contributed by atoms with van der Waals surface area (Å²) in [6.45, 7) is 13.6. The van der Waals surface area contributed by atoms with E-state index in [2.05, 4.69) is 67.7 Å². The van der Waals surface area contributed by atoms with Gasteiger partial charge in [0.2, 0.25) is 0 Å². The van der Waals surface area contributed by atoms with Crippen molar-refractivity contribution in [1.29, 1.82) is 0 Å². The minimum atomic E-state index is -0.578. The number of carbonyl (C=O) groups is 1. The average Bonchev–Trinajstić information content (AvgIpc) is 3.02. The minimum Gasteiger partial charge on any atom is -0.490 e. The van der Waals surface area contributed by atoms with Gasteiger partial charge in [0.05, 0.1) is 10.0 Å². The highest BCUT2D eigenvalue weighted by molar-refractivity contribution is 6.37. The van der Waals surface area contributed by atoms with Crippen molar-refractivity contribution in [3.63, 3.8) is 0 Å². The normalized spacial score (nSPS) is 12.0. The molecule has 0 fully saturated rings. The molecular formula is C41H49Cl2NO5. The number of amides is 1. The molecule has 49 heavy (non-hydrogen) atoms. The summed E-state index contributed by atoms with van der Waals surface area (Å²) >= 11 is 12.6. The van der Waals surface area contributed by atoms with Gasteiger partial charge in [-0.15, -0.1) is 0 Å². The molecule has 0 aliphatic carbocycles. The van der Waals surface area contributed by atoms with E-state index in [0.29, 0.717) is 35.6 Å². The van der Waals surface area contributed by atoms with E-state index in [4.69, 9.17) is 42.1 Å². The maximum atomic E-state index is 12.7. The Morgan fingerprint density at radius 2 is 1.53 bits per heavy atom. The standard InChI is InChI=1S/C41H49Cl2NO5/c1-27-22-36(42)39(37(43)23-27)48-21-20-47-34-16-13-30(14-17-34)25-33(26-44-40(45)49-41(4,5)6)35-18-15-32(24-29(35)3)38-28(2)10-8-11-31(38)12-9-19-46-7/h8,10-11,13-18,22-24,33H,9,12,19-21,25-26H2,1-7H3,(H,44,45). The third-order valence-electron chi connectivity index (χ3n) is 8.19. The Kier molecular flexibility index (Phi) is 13.8. The van der Waals surface area contributed by atoms with Crippen LogP contribution in [0.25, 0.3) is 11.1 Å². The molecule has 0 heterocycles. The molecule has 4 aromatic rings. The Morgan fingerprint density at radius 1 is 0.837 bits per heavy atom. The van der Waals surface area contributed by atoms with Crippen LogP contribution in [-0.2, 0) is 22.3 Å². The number of hydrogen-bond acceptors (Lipinski definition) is 5. The summed E-state index contributed by atoms with van der Waals surface area (Å²) < 4.78 is 22.6. The number of alkyl carbamates (subject to hydrolysis) is 1. The van der Waals surface area contributed by atoms with Gasteiger partial charge in [-0.2, -0.15) is 0 Å². The molecule has 1 amide bonds. The molecule has 1 N–H and O–H groups in total. The molecule has 0 radical (unpaired) electrons. The second-order valence-corrected chi connectivity index (χ2v) is 14.3. The quantitative estimate of drug-likeness (QED) is 0.125. The number of nitrogens with one attached hydrogen (secondary N) is 1. The van der Waals surface area contributed by atoms with Gasteiger partial charge in [-0.1, -0.05) is 71.7 Å². The molecule has 6 nitrogen and oxygen atoms in total. The number of carbonyl (C=O) groups excluding carboxylic acids is 1. The summed E-state index contributed by atoms with van der Waals surface area (Å²) in [5.74, 6) is 1.21. The van der Waals surface area contributed by atoms with Crippen LogP contribution in [0.15, 0.2) is 72.8 Å². The summed E-state index contributed by atoms with van der Waals surface area (Å²) in [7, 11) is 1.74. The molecule has 0 aromatic heterocycles. The SMILES string of the molecule is COCCCc1cccc(C)c1-c1ccc(C(CNC(=O)OC(C)(C)C)Cc2ccc(OCCOc3c(Cl)cc(C)cc3Cl)cc2)c(C)c1. The van der Waals surface area contributed by atoms with Crippen LogP contribution in [0.5, 0.6) is 11.5 Å². The second kappa shape index (κ2) is 17.8. The van der Waals surface area contributed by atoms with Gasteiger partial charge in [-0.25, -0.2) is 4.79 Å². The van der Waals surface area contributed by atoms with Crippen LogP contribution >= 0.6 is 23.2 Å². The molecule has 0 bridgehead atoms. The van der Waals surface area contributed by atoms with Crippen molar-refractivity contribution in [1.82, 2.24) is 5.32 Å². The van der Waals surface area contributed by atoms with E-state index in [0.717, 1.165) is 42.7 Å². The second-order valence-electron chi connectivity index (χ2n) is 13.5. The lowest BCUT2D eigenvalue weighted by Crippen LogP contribution is -2.35. The van der Waals surface area contributed by atoms with Crippen molar-refractivity contribution < 1.29 is 23.7 Å². The fraction of sp³-hybridized carbons (Fsp3) is 0.390. The monoisotopic (exact) mass is 705 g/mol. The van der Waals surface area contributed by atoms with Crippen molar-refractivity contribution in [2.75, 3.05) is 33.5 Å². The maximum Gasteiger partial charge on any atom is 0.407 e. The van der Waals surface area contributed by atoms with E-state index >= 15 is 0 Å². The van der Waals surface area contributed by atoms with Crippen molar-refractivity contribution in [3.8, 4) is 22.6 Å². The molecule has 0 aliphatic heterocycles. The van der Waals surface area contributed by atoms with Crippen LogP contribution < -0.4 is 14.8 Å². The van der Waals surface area contributed by atoms with Gasteiger partial charge in [0.15, 0.2) is 5.75 Å². The molecule has 0 aliphatic rings. The van der Waals surface area contributed by atoms with Crippen LogP contribution in [0.3, 0.4) is 0 Å². The third-order valence-corrected chi connectivity index (χ3v) is 8.75. The lowest BCUT2D eigenvalue weighted by Gasteiger charge is -2.24. The first kappa shape index (κ1) is 38.1. The Hall–Kier alpha value is -3.71. The fourth-order valence-corrected chi connectivity index (χ4v) is 6.70. The van der Waals surface area contributed by atoms with E-state index in [-0.39, 0.29) is 5.92 Å². The molecule has 8 heteroatoms. The predicted octanol–water partition coefficient (Wildman–Crippen LogP) is 10.5. The first-order chi connectivity index (χ1) is 23.3. The van der Waals surface area contributed by atoms with E-state index in [9.17, 15) is 4.79 Å². The molecule has 262 valence electrons. The van der Waals surface area contributed by atoms with Crippen LogP contribution in [0, 0.1) is 20.8 Å². The van der Waals surface area contributed by atoms with Gasteiger partial charge in [0, 0.05) is 26.2 Å². The van der Waals surface area contributed by atoms with Crippen LogP contribution in [0.2, 0.25) is 10.0 Å². The van der Waals surface area contributed by atoms with Crippen LogP contribution in [0.1, 0.15) is 66.5 Å². The molecule has 1 unspecified atom stereocenters. The van der Waals surface area contributed by atoms with Gasteiger partial charge in [-0.05, 0) is 130 Å². The summed E-state index contributed by atoms with van der Waals surface area (Å²) in [5, 5.41) is 3.98. The highest BCUT2D eigenvalue weighted by atomic mass is 35.5.